The second kappa shape index (κ2) is 9.06. The van der Waals surface area contributed by atoms with Crippen molar-refractivity contribution in [2.75, 3.05) is 6.54 Å². The van der Waals surface area contributed by atoms with Crippen LogP contribution in [-0.4, -0.2) is 23.5 Å². The topological polar surface area (TPSA) is 68.0 Å². The van der Waals surface area contributed by atoms with Crippen molar-refractivity contribution in [3.63, 3.8) is 0 Å². The average Bonchev–Trinajstić information content (AvgIpc) is 2.91. The van der Waals surface area contributed by atoms with E-state index < -0.39 is 0 Å². The standard InChI is InChI=1S/C15H23N3OS.2ClH/c16-14-10-2-1-3-11(14)7-12(6-10)15(19)17-5-4-13-8-20-9-18-13;;/h8-12,14H,1-7,16H2,(H,17,19);2*1H. The summed E-state index contributed by atoms with van der Waals surface area (Å²) in [7, 11) is 0. The number of halogens is 2. The van der Waals surface area contributed by atoms with Gasteiger partial charge in [0, 0.05) is 30.3 Å². The van der Waals surface area contributed by atoms with Crippen LogP contribution in [0.2, 0.25) is 0 Å². The van der Waals surface area contributed by atoms with Crippen LogP contribution in [0, 0.1) is 17.8 Å². The highest BCUT2D eigenvalue weighted by Gasteiger charge is 2.40. The van der Waals surface area contributed by atoms with Gasteiger partial charge in [0.05, 0.1) is 11.2 Å². The zero-order valence-electron chi connectivity index (χ0n) is 12.6. The maximum atomic E-state index is 12.3. The van der Waals surface area contributed by atoms with Crippen molar-refractivity contribution in [3.8, 4) is 0 Å². The van der Waals surface area contributed by atoms with Crippen LogP contribution in [0.5, 0.6) is 0 Å². The molecule has 1 aromatic rings. The van der Waals surface area contributed by atoms with Gasteiger partial charge < -0.3 is 11.1 Å². The van der Waals surface area contributed by atoms with E-state index in [9.17, 15) is 4.79 Å². The Morgan fingerprint density at radius 2 is 2.00 bits per heavy atom. The molecule has 22 heavy (non-hydrogen) atoms. The Hall–Kier alpha value is -0.360. The summed E-state index contributed by atoms with van der Waals surface area (Å²) in [4.78, 5) is 16.5. The minimum absolute atomic E-state index is 0. The second-order valence-electron chi connectivity index (χ2n) is 6.22. The fraction of sp³-hybridized carbons (Fsp3) is 0.733. The Morgan fingerprint density at radius 1 is 1.32 bits per heavy atom. The number of fused-ring (bicyclic) bond motifs is 2. The van der Waals surface area contributed by atoms with E-state index in [2.05, 4.69) is 10.3 Å². The number of amides is 1. The van der Waals surface area contributed by atoms with E-state index in [4.69, 9.17) is 5.73 Å². The van der Waals surface area contributed by atoms with Gasteiger partial charge in [-0.15, -0.1) is 36.2 Å². The summed E-state index contributed by atoms with van der Waals surface area (Å²) in [5.74, 6) is 1.54. The second-order valence-corrected chi connectivity index (χ2v) is 6.94. The molecule has 2 bridgehead atoms. The van der Waals surface area contributed by atoms with Crippen LogP contribution in [0.4, 0.5) is 0 Å². The third-order valence-electron chi connectivity index (χ3n) is 4.95. The SMILES string of the molecule is Cl.Cl.NC1C2CCCC1CC(C(=O)NCCc1cscn1)C2. The van der Waals surface area contributed by atoms with Crippen molar-refractivity contribution in [2.24, 2.45) is 23.5 Å². The molecule has 3 rings (SSSR count). The molecule has 3 N–H and O–H groups in total. The molecule has 1 amide bonds. The van der Waals surface area contributed by atoms with Gasteiger partial charge in [0.2, 0.25) is 5.91 Å². The molecule has 0 saturated heterocycles. The van der Waals surface area contributed by atoms with E-state index >= 15 is 0 Å². The average molecular weight is 366 g/mol. The summed E-state index contributed by atoms with van der Waals surface area (Å²) in [6.07, 6.45) is 6.51. The van der Waals surface area contributed by atoms with Crippen molar-refractivity contribution < 1.29 is 4.79 Å². The van der Waals surface area contributed by atoms with Gasteiger partial charge in [-0.2, -0.15) is 0 Å². The molecular formula is C15H25Cl2N3OS. The summed E-state index contributed by atoms with van der Waals surface area (Å²) in [6.45, 7) is 0.695. The van der Waals surface area contributed by atoms with Crippen LogP contribution in [0.25, 0.3) is 0 Å². The number of carbonyl (C=O) groups excluding carboxylic acids is 1. The van der Waals surface area contributed by atoms with Gasteiger partial charge in [0.15, 0.2) is 0 Å². The van der Waals surface area contributed by atoms with Gasteiger partial charge in [-0.3, -0.25) is 4.79 Å². The number of nitrogens with one attached hydrogen (secondary N) is 1. The molecule has 1 heterocycles. The summed E-state index contributed by atoms with van der Waals surface area (Å²) in [6, 6.07) is 0.336. The van der Waals surface area contributed by atoms with Crippen LogP contribution >= 0.6 is 36.2 Å². The Bertz CT molecular complexity index is 444. The maximum absolute atomic E-state index is 12.3. The Kier molecular flexibility index (Phi) is 8.11. The molecule has 4 nitrogen and oxygen atoms in total. The first kappa shape index (κ1) is 19.7. The largest absolute Gasteiger partial charge is 0.355 e. The third kappa shape index (κ3) is 4.57. The number of rotatable bonds is 4. The summed E-state index contributed by atoms with van der Waals surface area (Å²) in [5.41, 5.74) is 9.17. The van der Waals surface area contributed by atoms with Gasteiger partial charge in [0.1, 0.15) is 0 Å². The van der Waals surface area contributed by atoms with E-state index in [1.165, 1.54) is 19.3 Å². The molecule has 2 fully saturated rings. The molecule has 1 aromatic heterocycles. The van der Waals surface area contributed by atoms with Crippen molar-refractivity contribution >= 4 is 42.1 Å². The molecule has 2 aliphatic carbocycles. The summed E-state index contributed by atoms with van der Waals surface area (Å²) >= 11 is 1.60. The van der Waals surface area contributed by atoms with Gasteiger partial charge >= 0.3 is 0 Å². The summed E-state index contributed by atoms with van der Waals surface area (Å²) in [5, 5.41) is 5.12. The molecule has 126 valence electrons. The van der Waals surface area contributed by atoms with E-state index in [0.29, 0.717) is 24.4 Å². The fourth-order valence-corrected chi connectivity index (χ4v) is 4.42. The molecule has 2 aliphatic rings. The van der Waals surface area contributed by atoms with Crippen LogP contribution < -0.4 is 11.1 Å². The van der Waals surface area contributed by atoms with Crippen molar-refractivity contribution in [1.29, 1.82) is 0 Å². The molecule has 0 spiro atoms. The first-order valence-electron chi connectivity index (χ1n) is 7.64. The lowest BCUT2D eigenvalue weighted by Gasteiger charge is -2.43. The molecule has 0 aliphatic heterocycles. The predicted molar refractivity (Wildman–Crippen MR) is 94.9 cm³/mol. The zero-order chi connectivity index (χ0) is 13.9. The van der Waals surface area contributed by atoms with Gasteiger partial charge in [-0.1, -0.05) is 6.42 Å². The lowest BCUT2D eigenvalue weighted by molar-refractivity contribution is -0.127. The smallest absolute Gasteiger partial charge is 0.223 e. The van der Waals surface area contributed by atoms with E-state index in [1.54, 1.807) is 11.3 Å². The highest BCUT2D eigenvalue weighted by molar-refractivity contribution is 7.07. The predicted octanol–water partition coefficient (Wildman–Crippen LogP) is 2.80. The first-order chi connectivity index (χ1) is 9.74. The van der Waals surface area contributed by atoms with E-state index in [-0.39, 0.29) is 36.6 Å². The van der Waals surface area contributed by atoms with Crippen molar-refractivity contribution in [1.82, 2.24) is 10.3 Å². The van der Waals surface area contributed by atoms with Crippen molar-refractivity contribution in [3.05, 3.63) is 16.6 Å². The Morgan fingerprint density at radius 3 is 2.59 bits per heavy atom. The van der Waals surface area contributed by atoms with Crippen molar-refractivity contribution in [2.45, 2.75) is 44.6 Å². The highest BCUT2D eigenvalue weighted by atomic mass is 35.5. The molecule has 2 atom stereocenters. The van der Waals surface area contributed by atoms with Gasteiger partial charge in [-0.05, 0) is 37.5 Å². The molecule has 0 radical (unpaired) electrons. The minimum Gasteiger partial charge on any atom is -0.355 e. The van der Waals surface area contributed by atoms with Crippen LogP contribution in [0.1, 0.15) is 37.8 Å². The third-order valence-corrected chi connectivity index (χ3v) is 5.58. The number of hydrogen-bond acceptors (Lipinski definition) is 4. The van der Waals surface area contributed by atoms with Crippen LogP contribution in [-0.2, 0) is 11.2 Å². The minimum atomic E-state index is 0. The number of nitrogens with two attached hydrogens (primary N) is 1. The summed E-state index contributed by atoms with van der Waals surface area (Å²) < 4.78 is 0. The highest BCUT2D eigenvalue weighted by Crippen LogP contribution is 2.41. The van der Waals surface area contributed by atoms with Gasteiger partial charge in [-0.25, -0.2) is 4.98 Å². The monoisotopic (exact) mass is 365 g/mol. The molecule has 2 saturated carbocycles. The Labute approximate surface area is 148 Å². The molecule has 0 aromatic carbocycles. The number of nitrogens with zero attached hydrogens (tertiary/aromatic N) is 1. The number of aromatic nitrogens is 1. The lowest BCUT2D eigenvalue weighted by Crippen LogP contribution is -2.49. The normalized spacial score (nSPS) is 29.9. The first-order valence-corrected chi connectivity index (χ1v) is 8.58. The number of hydrogen-bond donors (Lipinski definition) is 2. The van der Waals surface area contributed by atoms with Crippen LogP contribution in [0.3, 0.4) is 0 Å². The quantitative estimate of drug-likeness (QED) is 0.861. The molecule has 7 heteroatoms. The fourth-order valence-electron chi connectivity index (χ4n) is 3.82. The van der Waals surface area contributed by atoms with E-state index in [1.807, 2.05) is 10.9 Å². The zero-order valence-corrected chi connectivity index (χ0v) is 15.0. The van der Waals surface area contributed by atoms with Crippen LogP contribution in [0.15, 0.2) is 10.9 Å². The number of carbonyl (C=O) groups is 1. The number of thiazole rings is 1. The lowest BCUT2D eigenvalue weighted by atomic mass is 9.65. The van der Waals surface area contributed by atoms with Gasteiger partial charge in [0.25, 0.3) is 0 Å². The Balaban J connectivity index is 0.00000121. The maximum Gasteiger partial charge on any atom is 0.223 e. The molecule has 2 unspecified atom stereocenters. The van der Waals surface area contributed by atoms with E-state index in [0.717, 1.165) is 25.0 Å². The molecular weight excluding hydrogens is 341 g/mol.